The third kappa shape index (κ3) is 6.36. The van der Waals surface area contributed by atoms with Gasteiger partial charge in [0.25, 0.3) is 5.56 Å². The summed E-state index contributed by atoms with van der Waals surface area (Å²) in [6.45, 7) is 0.885. The summed E-state index contributed by atoms with van der Waals surface area (Å²) in [6, 6.07) is 9.53. The minimum absolute atomic E-state index is 0.0997. The molecular weight excluding hydrogens is 363 g/mol. The monoisotopic (exact) mass is 380 g/mol. The molecule has 0 fully saturated rings. The van der Waals surface area contributed by atoms with Gasteiger partial charge in [0.2, 0.25) is 5.91 Å². The molecule has 132 valence electrons. The third-order valence-electron chi connectivity index (χ3n) is 3.59. The lowest BCUT2D eigenvalue weighted by atomic mass is 10.1. The standard InChI is InChI=1S/C18H18Cl2N2O3/c19-14-4-2-13(3-5-14)16(23)7-8-17(24)21-10-1-11-22-12-15(20)6-9-18(22)25/h2-6,9,12H,1,7-8,10-11H2,(H,21,24). The Hall–Kier alpha value is -2.11. The molecule has 1 aromatic carbocycles. The lowest BCUT2D eigenvalue weighted by molar-refractivity contribution is -0.121. The number of rotatable bonds is 8. The summed E-state index contributed by atoms with van der Waals surface area (Å²) >= 11 is 11.6. The van der Waals surface area contributed by atoms with Crippen molar-refractivity contribution in [2.75, 3.05) is 6.54 Å². The van der Waals surface area contributed by atoms with Crippen LogP contribution in [0.1, 0.15) is 29.6 Å². The Bertz CT molecular complexity index is 801. The van der Waals surface area contributed by atoms with Crippen LogP contribution in [-0.4, -0.2) is 22.8 Å². The van der Waals surface area contributed by atoms with Crippen LogP contribution in [0, 0.1) is 0 Å². The summed E-state index contributed by atoms with van der Waals surface area (Å²) in [5.41, 5.74) is 0.404. The normalized spacial score (nSPS) is 10.5. The Kier molecular flexibility index (Phi) is 7.22. The second-order valence-corrected chi connectivity index (χ2v) is 6.39. The minimum Gasteiger partial charge on any atom is -0.356 e. The minimum atomic E-state index is -0.194. The first-order chi connectivity index (χ1) is 12.0. The number of aromatic nitrogens is 1. The first-order valence-corrected chi connectivity index (χ1v) is 8.63. The number of nitrogens with one attached hydrogen (secondary N) is 1. The fraction of sp³-hybridized carbons (Fsp3) is 0.278. The van der Waals surface area contributed by atoms with Gasteiger partial charge in [-0.3, -0.25) is 14.4 Å². The third-order valence-corrected chi connectivity index (χ3v) is 4.07. The molecule has 0 aliphatic carbocycles. The van der Waals surface area contributed by atoms with E-state index in [1.807, 2.05) is 0 Å². The number of carbonyl (C=O) groups is 2. The number of aryl methyl sites for hydroxylation is 1. The van der Waals surface area contributed by atoms with E-state index >= 15 is 0 Å². The summed E-state index contributed by atoms with van der Waals surface area (Å²) in [4.78, 5) is 35.4. The Morgan fingerprint density at radius 2 is 1.64 bits per heavy atom. The van der Waals surface area contributed by atoms with Crippen molar-refractivity contribution < 1.29 is 9.59 Å². The molecule has 2 rings (SSSR count). The van der Waals surface area contributed by atoms with Crippen molar-refractivity contribution in [2.24, 2.45) is 0 Å². The molecule has 0 radical (unpaired) electrons. The highest BCUT2D eigenvalue weighted by molar-refractivity contribution is 6.30. The maximum absolute atomic E-state index is 12.0. The Labute approximate surface area is 155 Å². The van der Waals surface area contributed by atoms with E-state index in [0.717, 1.165) is 0 Å². The predicted octanol–water partition coefficient (Wildman–Crippen LogP) is 3.32. The van der Waals surface area contributed by atoms with E-state index < -0.39 is 0 Å². The predicted molar refractivity (Wildman–Crippen MR) is 98.4 cm³/mol. The van der Waals surface area contributed by atoms with Gasteiger partial charge in [0.05, 0.1) is 5.02 Å². The van der Waals surface area contributed by atoms with Crippen LogP contribution >= 0.6 is 23.2 Å². The van der Waals surface area contributed by atoms with E-state index in [1.54, 1.807) is 36.5 Å². The maximum Gasteiger partial charge on any atom is 0.250 e. The van der Waals surface area contributed by atoms with Gasteiger partial charge >= 0.3 is 0 Å². The zero-order chi connectivity index (χ0) is 18.2. The van der Waals surface area contributed by atoms with Gasteiger partial charge in [0.1, 0.15) is 0 Å². The number of Topliss-reactive ketones (excluding diaryl/α,β-unsaturated/α-hetero) is 1. The Morgan fingerprint density at radius 1 is 0.960 bits per heavy atom. The molecule has 0 bridgehead atoms. The zero-order valence-corrected chi connectivity index (χ0v) is 15.0. The second-order valence-electron chi connectivity index (χ2n) is 5.51. The summed E-state index contributed by atoms with van der Waals surface area (Å²) in [6.07, 6.45) is 2.42. The average Bonchev–Trinajstić information content (AvgIpc) is 2.60. The van der Waals surface area contributed by atoms with E-state index in [-0.39, 0.29) is 30.1 Å². The van der Waals surface area contributed by atoms with E-state index in [4.69, 9.17) is 23.2 Å². The number of amides is 1. The Balaban J connectivity index is 1.68. The summed E-state index contributed by atoms with van der Waals surface area (Å²) in [5.74, 6) is -0.293. The molecule has 1 aromatic heterocycles. The quantitative estimate of drug-likeness (QED) is 0.564. The number of hydrogen-bond donors (Lipinski definition) is 1. The van der Waals surface area contributed by atoms with Crippen LogP contribution in [0.2, 0.25) is 10.0 Å². The Morgan fingerprint density at radius 3 is 2.36 bits per heavy atom. The van der Waals surface area contributed by atoms with Crippen LogP contribution in [-0.2, 0) is 11.3 Å². The lowest BCUT2D eigenvalue weighted by Crippen LogP contribution is -2.27. The van der Waals surface area contributed by atoms with Crippen LogP contribution in [0.4, 0.5) is 0 Å². The molecule has 0 aliphatic heterocycles. The number of benzene rings is 1. The number of carbonyl (C=O) groups excluding carboxylic acids is 2. The number of ketones is 1. The largest absolute Gasteiger partial charge is 0.356 e. The average molecular weight is 381 g/mol. The zero-order valence-electron chi connectivity index (χ0n) is 13.5. The first kappa shape index (κ1) is 19.2. The molecule has 1 N–H and O–H groups in total. The van der Waals surface area contributed by atoms with Gasteiger partial charge in [-0.15, -0.1) is 0 Å². The highest BCUT2D eigenvalue weighted by Crippen LogP contribution is 2.11. The molecule has 7 heteroatoms. The molecule has 25 heavy (non-hydrogen) atoms. The van der Waals surface area contributed by atoms with Gasteiger partial charge in [0, 0.05) is 48.8 Å². The van der Waals surface area contributed by atoms with Crippen molar-refractivity contribution in [3.05, 3.63) is 68.6 Å². The second kappa shape index (κ2) is 9.39. The van der Waals surface area contributed by atoms with Gasteiger partial charge < -0.3 is 9.88 Å². The van der Waals surface area contributed by atoms with Crippen molar-refractivity contribution in [1.29, 1.82) is 0 Å². The first-order valence-electron chi connectivity index (χ1n) is 7.87. The molecule has 5 nitrogen and oxygen atoms in total. The topological polar surface area (TPSA) is 68.2 Å². The van der Waals surface area contributed by atoms with Gasteiger partial charge in [-0.2, -0.15) is 0 Å². The van der Waals surface area contributed by atoms with E-state index in [0.29, 0.717) is 35.1 Å². The summed E-state index contributed by atoms with van der Waals surface area (Å²) in [5, 5.41) is 3.80. The van der Waals surface area contributed by atoms with Crippen molar-refractivity contribution in [3.63, 3.8) is 0 Å². The molecular formula is C18H18Cl2N2O3. The highest BCUT2D eigenvalue weighted by atomic mass is 35.5. The van der Waals surface area contributed by atoms with Gasteiger partial charge in [0.15, 0.2) is 5.78 Å². The van der Waals surface area contributed by atoms with Crippen molar-refractivity contribution in [1.82, 2.24) is 9.88 Å². The fourth-order valence-electron chi connectivity index (χ4n) is 2.25. The molecule has 0 saturated heterocycles. The molecule has 1 amide bonds. The van der Waals surface area contributed by atoms with E-state index in [9.17, 15) is 14.4 Å². The van der Waals surface area contributed by atoms with Gasteiger partial charge in [-0.25, -0.2) is 0 Å². The summed E-state index contributed by atoms with van der Waals surface area (Å²) in [7, 11) is 0. The maximum atomic E-state index is 12.0. The SMILES string of the molecule is O=C(CCC(=O)c1ccc(Cl)cc1)NCCCn1cc(Cl)ccc1=O. The van der Waals surface area contributed by atoms with Crippen LogP contribution < -0.4 is 10.9 Å². The van der Waals surface area contributed by atoms with Crippen LogP contribution in [0.3, 0.4) is 0 Å². The molecule has 0 saturated carbocycles. The smallest absolute Gasteiger partial charge is 0.250 e. The number of halogens is 2. The van der Waals surface area contributed by atoms with Crippen LogP contribution in [0.15, 0.2) is 47.4 Å². The number of nitrogens with zero attached hydrogens (tertiary/aromatic N) is 1. The van der Waals surface area contributed by atoms with Crippen molar-refractivity contribution in [2.45, 2.75) is 25.8 Å². The van der Waals surface area contributed by atoms with E-state index in [2.05, 4.69) is 5.32 Å². The molecule has 1 heterocycles. The summed E-state index contributed by atoms with van der Waals surface area (Å²) < 4.78 is 1.50. The molecule has 0 aliphatic rings. The van der Waals surface area contributed by atoms with Gasteiger partial charge in [-0.1, -0.05) is 23.2 Å². The number of hydrogen-bond acceptors (Lipinski definition) is 3. The van der Waals surface area contributed by atoms with Crippen LogP contribution in [0.5, 0.6) is 0 Å². The van der Waals surface area contributed by atoms with Gasteiger partial charge in [-0.05, 0) is 36.8 Å². The lowest BCUT2D eigenvalue weighted by Gasteiger charge is -2.07. The highest BCUT2D eigenvalue weighted by Gasteiger charge is 2.09. The molecule has 0 atom stereocenters. The fourth-order valence-corrected chi connectivity index (χ4v) is 2.56. The van der Waals surface area contributed by atoms with Crippen molar-refractivity contribution in [3.8, 4) is 0 Å². The molecule has 0 unspecified atom stereocenters. The van der Waals surface area contributed by atoms with Crippen molar-refractivity contribution >= 4 is 34.9 Å². The molecule has 2 aromatic rings. The number of pyridine rings is 1. The van der Waals surface area contributed by atoms with E-state index in [1.165, 1.54) is 10.6 Å². The molecule has 0 spiro atoms. The van der Waals surface area contributed by atoms with Crippen LogP contribution in [0.25, 0.3) is 0 Å².